The molecule has 33 heavy (non-hydrogen) atoms. The largest absolute Gasteiger partial charge is 0.372 e. The van der Waals surface area contributed by atoms with E-state index in [4.69, 9.17) is 4.98 Å². The molecule has 0 bridgehead atoms. The number of unbranched alkanes of at least 4 members (excludes halogenated alkanes) is 1. The van der Waals surface area contributed by atoms with Crippen LogP contribution in [0.5, 0.6) is 0 Å². The molecule has 0 aliphatic carbocycles. The van der Waals surface area contributed by atoms with Crippen LogP contribution in [0, 0.1) is 5.82 Å². The molecule has 1 heterocycles. The van der Waals surface area contributed by atoms with Crippen molar-refractivity contribution in [2.45, 2.75) is 40.0 Å². The molecule has 0 aliphatic heterocycles. The first-order valence-electron chi connectivity index (χ1n) is 11.6. The van der Waals surface area contributed by atoms with E-state index in [1.165, 1.54) is 10.8 Å². The van der Waals surface area contributed by atoms with Crippen molar-refractivity contribution in [3.63, 3.8) is 0 Å². The smallest absolute Gasteiger partial charge is 0.151 e. The van der Waals surface area contributed by atoms with Gasteiger partial charge in [-0.1, -0.05) is 25.5 Å². The van der Waals surface area contributed by atoms with Gasteiger partial charge in [0.25, 0.3) is 0 Å². The molecule has 4 rings (SSSR count). The second kappa shape index (κ2) is 10.7. The van der Waals surface area contributed by atoms with Crippen molar-refractivity contribution >= 4 is 38.6 Å². The minimum absolute atomic E-state index is 0.225. The van der Waals surface area contributed by atoms with Gasteiger partial charge in [-0.3, -0.25) is 0 Å². The maximum Gasteiger partial charge on any atom is 0.151 e. The van der Waals surface area contributed by atoms with E-state index in [0.717, 1.165) is 59.7 Å². The Morgan fingerprint density at radius 1 is 0.879 bits per heavy atom. The number of azo groups is 1. The van der Waals surface area contributed by atoms with E-state index in [1.807, 2.05) is 42.5 Å². The van der Waals surface area contributed by atoms with Crippen molar-refractivity contribution < 1.29 is 4.39 Å². The number of aromatic nitrogens is 1. The molecule has 0 saturated heterocycles. The summed E-state index contributed by atoms with van der Waals surface area (Å²) in [6.07, 6.45) is 3.32. The lowest BCUT2D eigenvalue weighted by molar-refractivity contribution is 0.629. The van der Waals surface area contributed by atoms with Gasteiger partial charge in [0.05, 0.1) is 20.9 Å². The molecule has 0 radical (unpaired) electrons. The molecule has 3 aromatic carbocycles. The Morgan fingerprint density at radius 2 is 1.61 bits per heavy atom. The molecule has 6 heteroatoms. The number of hydrogen-bond acceptors (Lipinski definition) is 5. The van der Waals surface area contributed by atoms with Crippen LogP contribution in [0.1, 0.15) is 38.6 Å². The monoisotopic (exact) mass is 460 g/mol. The highest BCUT2D eigenvalue weighted by atomic mass is 32.1. The summed E-state index contributed by atoms with van der Waals surface area (Å²) in [5, 5.41) is 9.51. The normalized spacial score (nSPS) is 11.5. The zero-order chi connectivity index (χ0) is 23.2. The average Bonchev–Trinajstić information content (AvgIpc) is 3.25. The molecule has 0 saturated carbocycles. The lowest BCUT2D eigenvalue weighted by atomic mass is 10.0. The number of nitrogens with zero attached hydrogens (tertiary/aromatic N) is 4. The van der Waals surface area contributed by atoms with Crippen molar-refractivity contribution in [3.05, 3.63) is 71.5 Å². The van der Waals surface area contributed by atoms with E-state index in [-0.39, 0.29) is 5.69 Å². The highest BCUT2D eigenvalue weighted by molar-refractivity contribution is 7.18. The Balaban J connectivity index is 1.51. The number of benzene rings is 3. The van der Waals surface area contributed by atoms with Crippen LogP contribution in [0.15, 0.2) is 70.9 Å². The van der Waals surface area contributed by atoms with E-state index in [1.54, 1.807) is 17.4 Å². The Kier molecular flexibility index (Phi) is 7.45. The fraction of sp³-hybridized carbons (Fsp3) is 0.296. The quantitative estimate of drug-likeness (QED) is 0.234. The summed E-state index contributed by atoms with van der Waals surface area (Å²) in [6, 6.07) is 19.1. The van der Waals surface area contributed by atoms with Crippen LogP contribution in [0.3, 0.4) is 0 Å². The minimum atomic E-state index is -0.391. The molecule has 0 fully saturated rings. The molecule has 1 aromatic heterocycles. The van der Waals surface area contributed by atoms with E-state index < -0.39 is 5.82 Å². The lowest BCUT2D eigenvalue weighted by Crippen LogP contribution is -2.21. The summed E-state index contributed by atoms with van der Waals surface area (Å²) in [5.74, 6) is -0.391. The molecule has 0 aliphatic rings. The SMILES string of the molecule is CCCCc1nc2cc(-c3ccc(N=Nc4ccc(N(CC)CC)cc4)c(F)c3)ccc2s1. The Bertz CT molecular complexity index is 1240. The van der Waals surface area contributed by atoms with Crippen LogP contribution in [0.2, 0.25) is 0 Å². The van der Waals surface area contributed by atoms with Gasteiger partial charge in [-0.25, -0.2) is 9.37 Å². The number of thiazole rings is 1. The summed E-state index contributed by atoms with van der Waals surface area (Å²) in [6.45, 7) is 8.34. The van der Waals surface area contributed by atoms with Crippen molar-refractivity contribution in [2.24, 2.45) is 10.2 Å². The van der Waals surface area contributed by atoms with E-state index >= 15 is 0 Å². The Hall–Kier alpha value is -3.12. The molecule has 170 valence electrons. The van der Waals surface area contributed by atoms with E-state index in [0.29, 0.717) is 5.69 Å². The van der Waals surface area contributed by atoms with Crippen LogP contribution in [0.25, 0.3) is 21.3 Å². The minimum Gasteiger partial charge on any atom is -0.372 e. The third-order valence-electron chi connectivity index (χ3n) is 5.71. The summed E-state index contributed by atoms with van der Waals surface area (Å²) in [5.41, 5.74) is 4.79. The number of anilines is 1. The van der Waals surface area contributed by atoms with Crippen LogP contribution < -0.4 is 4.90 Å². The van der Waals surface area contributed by atoms with Gasteiger partial charge in [0.1, 0.15) is 5.69 Å². The molecular formula is C27H29FN4S. The zero-order valence-electron chi connectivity index (χ0n) is 19.4. The molecule has 0 N–H and O–H groups in total. The van der Waals surface area contributed by atoms with Crippen molar-refractivity contribution in [3.8, 4) is 11.1 Å². The number of aryl methyl sites for hydroxylation is 1. The first-order valence-corrected chi connectivity index (χ1v) is 12.4. The summed E-state index contributed by atoms with van der Waals surface area (Å²) >= 11 is 1.74. The maximum absolute atomic E-state index is 14.8. The molecule has 4 aromatic rings. The predicted octanol–water partition coefficient (Wildman–Crippen LogP) is 8.71. The van der Waals surface area contributed by atoms with Crippen LogP contribution >= 0.6 is 11.3 Å². The number of fused-ring (bicyclic) bond motifs is 1. The van der Waals surface area contributed by atoms with Crippen LogP contribution in [-0.4, -0.2) is 18.1 Å². The molecule has 0 amide bonds. The van der Waals surface area contributed by atoms with Gasteiger partial charge < -0.3 is 4.90 Å². The summed E-state index contributed by atoms with van der Waals surface area (Å²) in [4.78, 5) is 7.01. The fourth-order valence-electron chi connectivity index (χ4n) is 3.79. The molecule has 0 unspecified atom stereocenters. The fourth-order valence-corrected chi connectivity index (χ4v) is 4.78. The first-order chi connectivity index (χ1) is 16.1. The predicted molar refractivity (Wildman–Crippen MR) is 138 cm³/mol. The van der Waals surface area contributed by atoms with Gasteiger partial charge >= 0.3 is 0 Å². The van der Waals surface area contributed by atoms with Gasteiger partial charge in [-0.15, -0.1) is 16.5 Å². The Labute approximate surface area is 198 Å². The third kappa shape index (κ3) is 5.45. The molecule has 0 atom stereocenters. The van der Waals surface area contributed by atoms with E-state index in [2.05, 4.69) is 42.0 Å². The summed E-state index contributed by atoms with van der Waals surface area (Å²) < 4.78 is 16.0. The van der Waals surface area contributed by atoms with Crippen molar-refractivity contribution in [1.29, 1.82) is 0 Å². The van der Waals surface area contributed by atoms with Crippen LogP contribution in [-0.2, 0) is 6.42 Å². The molecular weight excluding hydrogens is 431 g/mol. The first kappa shape index (κ1) is 23.1. The van der Waals surface area contributed by atoms with Crippen molar-refractivity contribution in [2.75, 3.05) is 18.0 Å². The lowest BCUT2D eigenvalue weighted by Gasteiger charge is -2.20. The average molecular weight is 461 g/mol. The molecule has 0 spiro atoms. The zero-order valence-corrected chi connectivity index (χ0v) is 20.2. The second-order valence-electron chi connectivity index (χ2n) is 7.95. The van der Waals surface area contributed by atoms with Gasteiger partial charge in [0.2, 0.25) is 0 Å². The maximum atomic E-state index is 14.8. The van der Waals surface area contributed by atoms with Crippen LogP contribution in [0.4, 0.5) is 21.5 Å². The summed E-state index contributed by atoms with van der Waals surface area (Å²) in [7, 11) is 0. The Morgan fingerprint density at radius 3 is 2.30 bits per heavy atom. The standard InChI is InChI=1S/C27H29FN4S/c1-4-7-8-27-29-25-18-20(10-16-26(25)33-27)19-9-15-24(23(28)17-19)31-30-21-11-13-22(14-12-21)32(5-2)6-3/h9-18H,4-8H2,1-3H3. The second-order valence-corrected chi connectivity index (χ2v) is 9.06. The van der Waals surface area contributed by atoms with E-state index in [9.17, 15) is 4.39 Å². The van der Waals surface area contributed by atoms with Gasteiger partial charge in [0, 0.05) is 18.8 Å². The molecule has 4 nitrogen and oxygen atoms in total. The van der Waals surface area contributed by atoms with Gasteiger partial charge in [-0.05, 0) is 86.3 Å². The number of rotatable bonds is 9. The van der Waals surface area contributed by atoms with Gasteiger partial charge in [0.15, 0.2) is 5.82 Å². The highest BCUT2D eigenvalue weighted by Crippen LogP contribution is 2.31. The third-order valence-corrected chi connectivity index (χ3v) is 6.80. The number of halogens is 1. The highest BCUT2D eigenvalue weighted by Gasteiger charge is 2.09. The number of hydrogen-bond donors (Lipinski definition) is 0. The van der Waals surface area contributed by atoms with Gasteiger partial charge in [-0.2, -0.15) is 5.11 Å². The topological polar surface area (TPSA) is 40.9 Å². The van der Waals surface area contributed by atoms with Crippen molar-refractivity contribution in [1.82, 2.24) is 4.98 Å².